The maximum absolute atomic E-state index is 14.9. The number of nitrogens with one attached hydrogen (secondary N) is 5. The van der Waals surface area contributed by atoms with Crippen molar-refractivity contribution in [2.45, 2.75) is 114 Å². The molecule has 18 heteroatoms. The molecule has 2 aliphatic rings. The zero-order chi connectivity index (χ0) is 54.0. The van der Waals surface area contributed by atoms with E-state index in [4.69, 9.17) is 22.2 Å². The third-order valence-corrected chi connectivity index (χ3v) is 14.1. The standard InChI is InChI=1S/C58H73N11O7/c1-2-45-43(36-42-35-40-21-9-10-22-41(40)37-47(42)64-45)52(70)65-46(58(76)69-32-14-26-51(69)56(74)67-49(54(72)63-30-16-28-60)34-39-19-7-4-8-20-39)24-12-11-23-44(61)57(75)68-31-13-25-50(68)55(73)66-48(53(71)62-29-15-27-59)33-38-17-5-3-6-18-38/h3-12,17-22,35-37,44,46,48-51H,2,13-16,23-34,59-61H2,1H3,(H,62,71)(H,63,72)(H,65,70)(H,66,73)(H,67,74)/b12-11+/t44-,46-,48-,49-,50-,51-/m0/s1. The Morgan fingerprint density at radius 2 is 1.12 bits per heavy atom. The van der Waals surface area contributed by atoms with Crippen LogP contribution in [-0.2, 0) is 48.0 Å². The van der Waals surface area contributed by atoms with Crippen LogP contribution in [0.1, 0.15) is 85.5 Å². The lowest BCUT2D eigenvalue weighted by molar-refractivity contribution is -0.140. The van der Waals surface area contributed by atoms with Crippen molar-refractivity contribution < 1.29 is 33.6 Å². The molecule has 18 nitrogen and oxygen atoms in total. The van der Waals surface area contributed by atoms with Crippen LogP contribution in [0.5, 0.6) is 0 Å². The minimum Gasteiger partial charge on any atom is -0.354 e. The third kappa shape index (κ3) is 14.9. The summed E-state index contributed by atoms with van der Waals surface area (Å²) >= 11 is 0. The molecule has 7 amide bonds. The van der Waals surface area contributed by atoms with Crippen LogP contribution in [-0.4, -0.2) is 132 Å². The van der Waals surface area contributed by atoms with Crippen LogP contribution in [0.3, 0.4) is 0 Å². The average Bonchev–Trinajstić information content (AvgIpc) is 4.15. The SMILES string of the molecule is CCc1nc2cc3ccccc3cc2cc1C(=O)N[C@@H](C/C=C/C[C@H](N)C(=O)N1CCC[C@H]1C(=O)N[C@@H](Cc1ccccc1)C(=O)NCCCN)C(=O)N1CCC[C@H]1C(=O)N[C@@H](Cc1ccccc1)C(=O)NCCCN. The third-order valence-electron chi connectivity index (χ3n) is 14.1. The van der Waals surface area contributed by atoms with Gasteiger partial charge in [0.15, 0.2) is 0 Å². The van der Waals surface area contributed by atoms with Gasteiger partial charge in [0.1, 0.15) is 30.2 Å². The van der Waals surface area contributed by atoms with Crippen molar-refractivity contribution in [2.24, 2.45) is 17.2 Å². The fourth-order valence-corrected chi connectivity index (χ4v) is 9.95. The summed E-state index contributed by atoms with van der Waals surface area (Å²) < 4.78 is 0. The van der Waals surface area contributed by atoms with Gasteiger partial charge in [0.2, 0.25) is 35.4 Å². The summed E-state index contributed by atoms with van der Waals surface area (Å²) in [4.78, 5) is 106. The number of carbonyl (C=O) groups excluding carboxylic acids is 7. The van der Waals surface area contributed by atoms with E-state index in [1.54, 1.807) is 18.2 Å². The highest BCUT2D eigenvalue weighted by atomic mass is 16.2. The van der Waals surface area contributed by atoms with E-state index in [2.05, 4.69) is 26.6 Å². The van der Waals surface area contributed by atoms with E-state index in [1.807, 2.05) is 104 Å². The Morgan fingerprint density at radius 3 is 1.64 bits per heavy atom. The zero-order valence-corrected chi connectivity index (χ0v) is 43.4. The number of benzene rings is 4. The van der Waals surface area contributed by atoms with Gasteiger partial charge in [0, 0.05) is 44.4 Å². The van der Waals surface area contributed by atoms with Crippen molar-refractivity contribution in [2.75, 3.05) is 39.3 Å². The van der Waals surface area contributed by atoms with E-state index in [0.29, 0.717) is 88.9 Å². The fourth-order valence-electron chi connectivity index (χ4n) is 9.95. The summed E-state index contributed by atoms with van der Waals surface area (Å²) in [5, 5.41) is 17.3. The summed E-state index contributed by atoms with van der Waals surface area (Å²) in [6.45, 7) is 3.93. The van der Waals surface area contributed by atoms with Crippen LogP contribution in [0.25, 0.3) is 21.7 Å². The molecular formula is C58H73N11O7. The molecule has 0 spiro atoms. The molecule has 6 atom stereocenters. The number of pyridine rings is 1. The monoisotopic (exact) mass is 1040 g/mol. The molecule has 0 aliphatic carbocycles. The van der Waals surface area contributed by atoms with E-state index < -0.39 is 65.8 Å². The van der Waals surface area contributed by atoms with Crippen LogP contribution in [0.4, 0.5) is 0 Å². The number of aryl methyl sites for hydroxylation is 1. The number of hydrogen-bond donors (Lipinski definition) is 8. The first-order chi connectivity index (χ1) is 36.9. The lowest BCUT2D eigenvalue weighted by atomic mass is 10.0. The highest BCUT2D eigenvalue weighted by Crippen LogP contribution is 2.26. The molecule has 1 aromatic heterocycles. The van der Waals surface area contributed by atoms with E-state index in [0.717, 1.165) is 32.8 Å². The topological polar surface area (TPSA) is 277 Å². The molecule has 3 heterocycles. The summed E-state index contributed by atoms with van der Waals surface area (Å²) in [5.41, 5.74) is 21.1. The predicted molar refractivity (Wildman–Crippen MR) is 293 cm³/mol. The number of nitrogens with two attached hydrogens (primary N) is 3. The number of nitrogens with zero attached hydrogens (tertiary/aromatic N) is 3. The Morgan fingerprint density at radius 1 is 0.618 bits per heavy atom. The van der Waals surface area contributed by atoms with Gasteiger partial charge in [-0.2, -0.15) is 0 Å². The van der Waals surface area contributed by atoms with E-state index in [-0.39, 0.29) is 44.0 Å². The van der Waals surface area contributed by atoms with E-state index in [1.165, 1.54) is 9.80 Å². The molecule has 5 aromatic rings. The van der Waals surface area contributed by atoms with Gasteiger partial charge in [-0.05, 0) is 111 Å². The number of fused-ring (bicyclic) bond motifs is 2. The quantitative estimate of drug-likeness (QED) is 0.0239. The Balaban J connectivity index is 1.07. The Bertz CT molecular complexity index is 2850. The fraction of sp³-hybridized carbons (Fsp3) is 0.414. The molecule has 402 valence electrons. The zero-order valence-electron chi connectivity index (χ0n) is 43.4. The average molecular weight is 1040 g/mol. The highest BCUT2D eigenvalue weighted by molar-refractivity contribution is 6.04. The highest BCUT2D eigenvalue weighted by Gasteiger charge is 2.40. The maximum atomic E-state index is 14.9. The smallest absolute Gasteiger partial charge is 0.253 e. The molecular weight excluding hydrogens is 963 g/mol. The Hall–Kier alpha value is -7.54. The minimum atomic E-state index is -1.16. The molecule has 76 heavy (non-hydrogen) atoms. The van der Waals surface area contributed by atoms with Crippen LogP contribution in [0, 0.1) is 0 Å². The first-order valence-electron chi connectivity index (χ1n) is 26.7. The molecule has 0 radical (unpaired) electrons. The number of likely N-dealkylation sites (tertiary alicyclic amines) is 2. The largest absolute Gasteiger partial charge is 0.354 e. The molecule has 2 fully saturated rings. The van der Waals surface area contributed by atoms with Gasteiger partial charge in [0.25, 0.3) is 5.91 Å². The molecule has 2 saturated heterocycles. The van der Waals surface area contributed by atoms with Gasteiger partial charge in [0.05, 0.1) is 22.8 Å². The first kappa shape index (κ1) is 56.2. The number of hydrogen-bond acceptors (Lipinski definition) is 11. The second kappa shape index (κ2) is 27.8. The van der Waals surface area contributed by atoms with Gasteiger partial charge in [-0.25, -0.2) is 0 Å². The van der Waals surface area contributed by atoms with E-state index in [9.17, 15) is 33.6 Å². The van der Waals surface area contributed by atoms with Crippen LogP contribution >= 0.6 is 0 Å². The predicted octanol–water partition coefficient (Wildman–Crippen LogP) is 3.08. The van der Waals surface area contributed by atoms with Gasteiger partial charge >= 0.3 is 0 Å². The normalized spacial score (nSPS) is 17.0. The molecule has 0 unspecified atom stereocenters. The lowest BCUT2D eigenvalue weighted by Gasteiger charge is -2.30. The Kier molecular flexibility index (Phi) is 20.6. The molecule has 0 bridgehead atoms. The van der Waals surface area contributed by atoms with Crippen molar-refractivity contribution in [3.63, 3.8) is 0 Å². The van der Waals surface area contributed by atoms with Gasteiger partial charge < -0.3 is 53.6 Å². The van der Waals surface area contributed by atoms with Gasteiger partial charge in [-0.1, -0.05) is 104 Å². The number of amides is 7. The lowest BCUT2D eigenvalue weighted by Crippen LogP contribution is -2.56. The van der Waals surface area contributed by atoms with Crippen LogP contribution in [0.15, 0.2) is 115 Å². The number of rotatable bonds is 25. The van der Waals surface area contributed by atoms with Crippen LogP contribution < -0.4 is 43.8 Å². The van der Waals surface area contributed by atoms with Crippen molar-refractivity contribution in [3.8, 4) is 0 Å². The van der Waals surface area contributed by atoms with Crippen LogP contribution in [0.2, 0.25) is 0 Å². The summed E-state index contributed by atoms with van der Waals surface area (Å²) in [6.07, 6.45) is 7.24. The van der Waals surface area contributed by atoms with Crippen molar-refractivity contribution in [1.29, 1.82) is 0 Å². The summed E-state index contributed by atoms with van der Waals surface area (Å²) in [6, 6.07) is 26.5. The molecule has 2 aliphatic heterocycles. The second-order valence-electron chi connectivity index (χ2n) is 19.6. The van der Waals surface area contributed by atoms with Crippen molar-refractivity contribution in [3.05, 3.63) is 138 Å². The number of carbonyl (C=O) groups is 7. The van der Waals surface area contributed by atoms with Gasteiger partial charge in [-0.15, -0.1) is 0 Å². The van der Waals surface area contributed by atoms with Crippen molar-refractivity contribution in [1.82, 2.24) is 41.4 Å². The summed E-state index contributed by atoms with van der Waals surface area (Å²) in [5.74, 6) is -3.11. The second-order valence-corrected chi connectivity index (χ2v) is 19.6. The minimum absolute atomic E-state index is 0.0193. The first-order valence-corrected chi connectivity index (χ1v) is 26.7. The van der Waals surface area contributed by atoms with E-state index >= 15 is 0 Å². The molecule has 7 rings (SSSR count). The molecule has 4 aromatic carbocycles. The Labute approximate surface area is 444 Å². The summed E-state index contributed by atoms with van der Waals surface area (Å²) in [7, 11) is 0. The van der Waals surface area contributed by atoms with Gasteiger partial charge in [-0.3, -0.25) is 38.5 Å². The number of aromatic nitrogens is 1. The molecule has 0 saturated carbocycles. The molecule has 11 N–H and O–H groups in total. The maximum Gasteiger partial charge on any atom is 0.253 e. The van der Waals surface area contributed by atoms with Crippen molar-refractivity contribution >= 4 is 63.0 Å².